The van der Waals surface area contributed by atoms with Crippen molar-refractivity contribution in [2.24, 2.45) is 0 Å². The number of rotatable bonds is 9. The van der Waals surface area contributed by atoms with Crippen LogP contribution in [0.25, 0.3) is 150 Å². The van der Waals surface area contributed by atoms with Crippen LogP contribution in [0.1, 0.15) is 11.1 Å². The summed E-state index contributed by atoms with van der Waals surface area (Å²) in [6.07, 6.45) is 0. The molecule has 83 heavy (non-hydrogen) atoms. The molecule has 4 heterocycles. The van der Waals surface area contributed by atoms with Gasteiger partial charge in [-0.05, 0) is 91.7 Å². The summed E-state index contributed by atoms with van der Waals surface area (Å²) in [7, 11) is 0. The molecule has 0 unspecified atom stereocenters. The topological polar surface area (TPSA) is 53.5 Å². The fourth-order valence-electron chi connectivity index (χ4n) is 13.0. The zero-order valence-corrected chi connectivity index (χ0v) is 45.7. The number of hydrogen-bond donors (Lipinski definition) is 0. The molecule has 0 aliphatic carbocycles. The Morgan fingerprint density at radius 1 is 0.229 bits per heavy atom. The van der Waals surface area contributed by atoms with Crippen LogP contribution in [0.5, 0.6) is 0 Å². The summed E-state index contributed by atoms with van der Waals surface area (Å²) < 4.78 is 7.44. The summed E-state index contributed by atoms with van der Waals surface area (Å²) >= 11 is 0. The van der Waals surface area contributed by atoms with Gasteiger partial charge in [-0.3, -0.25) is 0 Å². The summed E-state index contributed by atoms with van der Waals surface area (Å²) in [6.45, 7) is 4.37. The van der Waals surface area contributed by atoms with E-state index in [0.717, 1.165) is 89.1 Å². The Morgan fingerprint density at radius 2 is 0.578 bits per heavy atom. The quantitative estimate of drug-likeness (QED) is 0.145. The van der Waals surface area contributed by atoms with E-state index in [1.54, 1.807) is 0 Å². The Labute approximate surface area is 480 Å². The molecule has 0 amide bonds. The summed E-state index contributed by atoms with van der Waals surface area (Å²) in [5.74, 6) is 1.76. The standard InChI is InChI=1S/C77H52N6/c1-49-43-50(2)45-54(44-49)53-41-42-73-63(46-53)60-31-13-22-40-72(60)83(73)74-64(61-32-14-20-38-70(61)81-66-34-16-9-27-56(66)57-28-10-17-35-67(57)81)47-55(77-79-75(51-23-5-3-6-24-51)78-76(80-77)52-25-7-4-8-26-52)48-65(74)62-33-15-21-39-71(62)82-68-36-18-11-29-58(68)59-30-12-19-37-69(59)82/h3-48H,1-2H3. The Kier molecular flexibility index (Phi) is 11.2. The average molecular weight is 1060 g/mol. The molecular formula is C77H52N6. The van der Waals surface area contributed by atoms with Crippen molar-refractivity contribution >= 4 is 65.4 Å². The third-order valence-electron chi connectivity index (χ3n) is 16.5. The lowest BCUT2D eigenvalue weighted by Gasteiger charge is -2.24. The molecular weight excluding hydrogens is 1010 g/mol. The summed E-state index contributed by atoms with van der Waals surface area (Å²) in [4.78, 5) is 16.2. The van der Waals surface area contributed by atoms with Crippen LogP contribution >= 0.6 is 0 Å². The first-order chi connectivity index (χ1) is 41.0. The maximum absolute atomic E-state index is 5.48. The number of aromatic nitrogens is 6. The molecule has 0 aliphatic heterocycles. The zero-order chi connectivity index (χ0) is 55.1. The minimum Gasteiger partial charge on any atom is -0.309 e. The second kappa shape index (κ2) is 19.4. The second-order valence-corrected chi connectivity index (χ2v) is 21.7. The van der Waals surface area contributed by atoms with Crippen LogP contribution < -0.4 is 0 Å². The molecule has 16 rings (SSSR count). The molecule has 0 N–H and O–H groups in total. The predicted octanol–water partition coefficient (Wildman–Crippen LogP) is 19.8. The van der Waals surface area contributed by atoms with Crippen LogP contribution in [0, 0.1) is 13.8 Å². The Morgan fingerprint density at radius 3 is 1.02 bits per heavy atom. The van der Waals surface area contributed by atoms with Gasteiger partial charge in [0.05, 0.1) is 50.2 Å². The molecule has 0 spiro atoms. The first-order valence-electron chi connectivity index (χ1n) is 28.3. The highest BCUT2D eigenvalue weighted by Gasteiger charge is 2.28. The van der Waals surface area contributed by atoms with E-state index in [1.165, 1.54) is 54.6 Å². The van der Waals surface area contributed by atoms with Gasteiger partial charge in [0.25, 0.3) is 0 Å². The minimum atomic E-state index is 0.566. The highest BCUT2D eigenvalue weighted by Crippen LogP contribution is 2.48. The van der Waals surface area contributed by atoms with Gasteiger partial charge in [0.1, 0.15) is 0 Å². The van der Waals surface area contributed by atoms with Gasteiger partial charge in [0, 0.05) is 71.3 Å². The molecule has 12 aromatic carbocycles. The first kappa shape index (κ1) is 48.0. The maximum Gasteiger partial charge on any atom is 0.164 e. The van der Waals surface area contributed by atoms with E-state index < -0.39 is 0 Å². The third-order valence-corrected chi connectivity index (χ3v) is 16.5. The predicted molar refractivity (Wildman–Crippen MR) is 345 cm³/mol. The minimum absolute atomic E-state index is 0.566. The maximum atomic E-state index is 5.48. The highest BCUT2D eigenvalue weighted by molar-refractivity contribution is 6.14. The fraction of sp³-hybridized carbons (Fsp3) is 0.0260. The van der Waals surface area contributed by atoms with Gasteiger partial charge in [0.15, 0.2) is 17.5 Å². The van der Waals surface area contributed by atoms with Crippen molar-refractivity contribution in [3.63, 3.8) is 0 Å². The molecule has 0 aliphatic rings. The number of hydrogen-bond acceptors (Lipinski definition) is 3. The van der Waals surface area contributed by atoms with Crippen molar-refractivity contribution in [1.82, 2.24) is 28.7 Å². The summed E-state index contributed by atoms with van der Waals surface area (Å²) in [6, 6.07) is 101. The van der Waals surface area contributed by atoms with Crippen LogP contribution in [0.3, 0.4) is 0 Å². The normalized spacial score (nSPS) is 11.7. The summed E-state index contributed by atoms with van der Waals surface area (Å²) in [5.41, 5.74) is 21.5. The molecule has 390 valence electrons. The second-order valence-electron chi connectivity index (χ2n) is 21.7. The summed E-state index contributed by atoms with van der Waals surface area (Å²) in [5, 5.41) is 7.12. The first-order valence-corrected chi connectivity index (χ1v) is 28.3. The lowest BCUT2D eigenvalue weighted by atomic mass is 9.90. The molecule has 6 nitrogen and oxygen atoms in total. The van der Waals surface area contributed by atoms with Gasteiger partial charge in [0.2, 0.25) is 0 Å². The van der Waals surface area contributed by atoms with E-state index in [-0.39, 0.29) is 0 Å². The van der Waals surface area contributed by atoms with Crippen molar-refractivity contribution in [2.75, 3.05) is 0 Å². The highest BCUT2D eigenvalue weighted by atomic mass is 15.0. The van der Waals surface area contributed by atoms with Crippen molar-refractivity contribution in [1.29, 1.82) is 0 Å². The molecule has 6 heteroatoms. The van der Waals surface area contributed by atoms with E-state index in [1.807, 2.05) is 36.4 Å². The molecule has 0 bridgehead atoms. The van der Waals surface area contributed by atoms with E-state index in [0.29, 0.717) is 17.5 Å². The lowest BCUT2D eigenvalue weighted by Crippen LogP contribution is -2.07. The van der Waals surface area contributed by atoms with Crippen LogP contribution in [0.4, 0.5) is 0 Å². The monoisotopic (exact) mass is 1060 g/mol. The molecule has 0 fully saturated rings. The van der Waals surface area contributed by atoms with E-state index in [2.05, 4.69) is 270 Å². The van der Waals surface area contributed by atoms with Gasteiger partial charge in [-0.1, -0.05) is 223 Å². The van der Waals surface area contributed by atoms with Gasteiger partial charge in [-0.25, -0.2) is 15.0 Å². The number of benzene rings is 12. The Bertz CT molecular complexity index is 4870. The largest absolute Gasteiger partial charge is 0.309 e. The van der Waals surface area contributed by atoms with Crippen LogP contribution in [0.2, 0.25) is 0 Å². The number of nitrogens with zero attached hydrogens (tertiary/aromatic N) is 6. The van der Waals surface area contributed by atoms with E-state index in [4.69, 9.17) is 15.0 Å². The molecule has 0 radical (unpaired) electrons. The van der Waals surface area contributed by atoms with E-state index >= 15 is 0 Å². The average Bonchev–Trinajstić information content (AvgIpc) is 3.99. The van der Waals surface area contributed by atoms with Crippen molar-refractivity contribution in [3.05, 3.63) is 290 Å². The number of fused-ring (bicyclic) bond motifs is 9. The molecule has 4 aromatic heterocycles. The molecule has 0 saturated heterocycles. The number of para-hydroxylation sites is 7. The lowest BCUT2D eigenvalue weighted by molar-refractivity contribution is 1.07. The van der Waals surface area contributed by atoms with Gasteiger partial charge >= 0.3 is 0 Å². The van der Waals surface area contributed by atoms with Gasteiger partial charge in [-0.15, -0.1) is 0 Å². The fourth-order valence-corrected chi connectivity index (χ4v) is 13.0. The number of aryl methyl sites for hydroxylation is 2. The van der Waals surface area contributed by atoms with Gasteiger partial charge in [-0.2, -0.15) is 0 Å². The molecule has 0 saturated carbocycles. The van der Waals surface area contributed by atoms with Gasteiger partial charge < -0.3 is 13.7 Å². The third kappa shape index (κ3) is 7.90. The van der Waals surface area contributed by atoms with Crippen molar-refractivity contribution < 1.29 is 0 Å². The Hall–Kier alpha value is -11.0. The molecule has 0 atom stereocenters. The van der Waals surface area contributed by atoms with E-state index in [9.17, 15) is 0 Å². The smallest absolute Gasteiger partial charge is 0.164 e. The Balaban J connectivity index is 1.09. The zero-order valence-electron chi connectivity index (χ0n) is 45.7. The van der Waals surface area contributed by atoms with Crippen molar-refractivity contribution in [2.45, 2.75) is 13.8 Å². The van der Waals surface area contributed by atoms with Crippen LogP contribution in [-0.2, 0) is 0 Å². The van der Waals surface area contributed by atoms with Crippen LogP contribution in [-0.4, -0.2) is 28.7 Å². The van der Waals surface area contributed by atoms with Crippen LogP contribution in [0.15, 0.2) is 279 Å². The van der Waals surface area contributed by atoms with Crippen molar-refractivity contribution in [3.8, 4) is 84.6 Å². The SMILES string of the molecule is Cc1cc(C)cc(-c2ccc3c(c2)c2ccccc2n3-c2c(-c3ccccc3-n3c4ccccc4c4ccccc43)cc(-c3nc(-c4ccccc4)nc(-c4ccccc4)n3)cc2-c2ccccc2-n2c3ccccc3c3ccccc32)c1. The molecule has 16 aromatic rings.